The van der Waals surface area contributed by atoms with E-state index in [1.165, 1.54) is 18.3 Å². The number of benzene rings is 1. The minimum atomic E-state index is -0.611. The smallest absolute Gasteiger partial charge is 0.253 e. The summed E-state index contributed by atoms with van der Waals surface area (Å²) in [5.41, 5.74) is 8.83. The van der Waals surface area contributed by atoms with Gasteiger partial charge in [-0.3, -0.25) is 9.78 Å². The van der Waals surface area contributed by atoms with Crippen LogP contribution in [0.15, 0.2) is 87.4 Å². The van der Waals surface area contributed by atoms with Crippen molar-refractivity contribution in [3.8, 4) is 0 Å². The molecule has 3 N–H and O–H groups in total. The van der Waals surface area contributed by atoms with Crippen LogP contribution in [0.25, 0.3) is 5.70 Å². The van der Waals surface area contributed by atoms with Gasteiger partial charge in [0.15, 0.2) is 5.82 Å². The number of nitrogens with zero attached hydrogens (tertiary/aromatic N) is 5. The van der Waals surface area contributed by atoms with Gasteiger partial charge in [-0.15, -0.1) is 0 Å². The van der Waals surface area contributed by atoms with Gasteiger partial charge in [-0.05, 0) is 55.3 Å². The predicted molar refractivity (Wildman–Crippen MR) is 148 cm³/mol. The quantitative estimate of drug-likeness (QED) is 0.621. The summed E-state index contributed by atoms with van der Waals surface area (Å²) in [7, 11) is 0. The Kier molecular flexibility index (Phi) is 6.25. The number of allylic oxidation sites excluding steroid dienone is 4. The molecule has 3 aliphatic heterocycles. The molecule has 1 aromatic carbocycles. The SMILES string of the molecule is NC1CCN(C(=O)c2ccc(NC3=NCC45CC=C(c6ncccc6F)N=C(Cl)C4=CC=CC5=N3)cc2)C1. The molecule has 1 saturated heterocycles. The molecule has 6 rings (SSSR count). The third-order valence-electron chi connectivity index (χ3n) is 7.23. The van der Waals surface area contributed by atoms with E-state index in [-0.39, 0.29) is 22.8 Å². The number of pyridine rings is 1. The lowest BCUT2D eigenvalue weighted by Gasteiger charge is -2.37. The number of amides is 1. The molecule has 1 amide bonds. The van der Waals surface area contributed by atoms with E-state index in [2.05, 4.69) is 15.3 Å². The first-order valence-electron chi connectivity index (χ1n) is 12.4. The molecule has 4 heterocycles. The van der Waals surface area contributed by atoms with Crippen molar-refractivity contribution < 1.29 is 9.18 Å². The first-order chi connectivity index (χ1) is 18.4. The minimum absolute atomic E-state index is 0.0155. The molecule has 2 atom stereocenters. The topological polar surface area (TPSA) is 108 Å². The lowest BCUT2D eigenvalue weighted by molar-refractivity contribution is 0.0791. The largest absolute Gasteiger partial charge is 0.337 e. The maximum absolute atomic E-state index is 14.4. The number of rotatable bonds is 3. The number of anilines is 1. The number of carbonyl (C=O) groups excluding carboxylic acids is 1. The van der Waals surface area contributed by atoms with Gasteiger partial charge in [0.25, 0.3) is 5.91 Å². The summed E-state index contributed by atoms with van der Waals surface area (Å²) in [6.07, 6.45) is 10.4. The zero-order valence-electron chi connectivity index (χ0n) is 20.4. The fourth-order valence-electron chi connectivity index (χ4n) is 5.16. The first kappa shape index (κ1) is 24.4. The molecule has 8 nitrogen and oxygen atoms in total. The van der Waals surface area contributed by atoms with Crippen LogP contribution >= 0.6 is 11.6 Å². The van der Waals surface area contributed by atoms with Gasteiger partial charge in [0.2, 0.25) is 5.96 Å². The Balaban J connectivity index is 1.22. The Morgan fingerprint density at radius 3 is 2.82 bits per heavy atom. The highest BCUT2D eigenvalue weighted by Gasteiger charge is 2.44. The first-order valence-corrected chi connectivity index (χ1v) is 12.8. The standard InChI is InChI=1S/C28H25ClFN7O/c29-25-20-3-1-5-23-28(20,12-10-22(35-25)24-21(30)4-2-13-32-24)16-33-27(36-23)34-19-8-6-17(7-9-19)26(38)37-14-11-18(31)15-37/h1-10,13,18H,11-12,14-16,31H2,(H,33,34). The van der Waals surface area contributed by atoms with Crippen LogP contribution in [0.5, 0.6) is 0 Å². The van der Waals surface area contributed by atoms with Crippen molar-refractivity contribution in [2.24, 2.45) is 26.1 Å². The average molecular weight is 530 g/mol. The van der Waals surface area contributed by atoms with Gasteiger partial charge >= 0.3 is 0 Å². The van der Waals surface area contributed by atoms with E-state index >= 15 is 0 Å². The molecule has 1 spiro atoms. The molecule has 1 aromatic heterocycles. The van der Waals surface area contributed by atoms with Crippen molar-refractivity contribution in [3.63, 3.8) is 0 Å². The maximum atomic E-state index is 14.4. The van der Waals surface area contributed by atoms with E-state index in [0.29, 0.717) is 43.3 Å². The number of halogens is 2. The predicted octanol–water partition coefficient (Wildman–Crippen LogP) is 4.18. The number of aliphatic imine (C=N–C) groups is 3. The van der Waals surface area contributed by atoms with Gasteiger partial charge in [-0.1, -0.05) is 29.8 Å². The Hall–Kier alpha value is -3.95. The van der Waals surface area contributed by atoms with Crippen LogP contribution < -0.4 is 11.1 Å². The number of guanidine groups is 1. The van der Waals surface area contributed by atoms with Crippen LogP contribution in [-0.4, -0.2) is 58.3 Å². The third-order valence-corrected chi connectivity index (χ3v) is 7.52. The highest BCUT2D eigenvalue weighted by atomic mass is 35.5. The zero-order chi connectivity index (χ0) is 26.3. The second kappa shape index (κ2) is 9.74. The van der Waals surface area contributed by atoms with Gasteiger partial charge in [0.1, 0.15) is 10.9 Å². The summed E-state index contributed by atoms with van der Waals surface area (Å²) in [6.45, 7) is 1.65. The van der Waals surface area contributed by atoms with Crippen molar-refractivity contribution in [2.75, 3.05) is 25.0 Å². The zero-order valence-corrected chi connectivity index (χ0v) is 21.2. The summed E-state index contributed by atoms with van der Waals surface area (Å²) in [5.74, 6) is -0.0168. The van der Waals surface area contributed by atoms with Crippen LogP contribution in [0.3, 0.4) is 0 Å². The van der Waals surface area contributed by atoms with E-state index in [1.807, 2.05) is 36.4 Å². The van der Waals surface area contributed by atoms with Gasteiger partial charge in [0, 0.05) is 42.2 Å². The van der Waals surface area contributed by atoms with Crippen molar-refractivity contribution in [3.05, 3.63) is 89.5 Å². The third kappa shape index (κ3) is 4.37. The lowest BCUT2D eigenvalue weighted by Crippen LogP contribution is -2.41. The molecule has 0 radical (unpaired) electrons. The van der Waals surface area contributed by atoms with E-state index in [1.54, 1.807) is 17.0 Å². The number of likely N-dealkylation sites (tertiary alicyclic amines) is 1. The highest BCUT2D eigenvalue weighted by molar-refractivity contribution is 6.70. The highest BCUT2D eigenvalue weighted by Crippen LogP contribution is 2.44. The summed E-state index contributed by atoms with van der Waals surface area (Å²) >= 11 is 6.67. The molecule has 2 unspecified atom stereocenters. The second-order valence-corrected chi connectivity index (χ2v) is 10.0. The fraction of sp³-hybridized carbons (Fsp3) is 0.250. The number of hydrogen-bond donors (Lipinski definition) is 2. The molecule has 192 valence electrons. The molecule has 2 aromatic rings. The summed E-state index contributed by atoms with van der Waals surface area (Å²) in [6, 6.07) is 10.2. The summed E-state index contributed by atoms with van der Waals surface area (Å²) < 4.78 is 14.4. The maximum Gasteiger partial charge on any atom is 0.253 e. The van der Waals surface area contributed by atoms with Gasteiger partial charge < -0.3 is 16.0 Å². The number of nitrogens with one attached hydrogen (secondary N) is 1. The van der Waals surface area contributed by atoms with Crippen molar-refractivity contribution >= 4 is 45.7 Å². The van der Waals surface area contributed by atoms with Crippen LogP contribution in [0.1, 0.15) is 28.9 Å². The molecule has 0 bridgehead atoms. The monoisotopic (exact) mass is 529 g/mol. The Morgan fingerprint density at radius 2 is 2.05 bits per heavy atom. The Bertz CT molecular complexity index is 1490. The van der Waals surface area contributed by atoms with Crippen LogP contribution in [0, 0.1) is 11.2 Å². The second-order valence-electron chi connectivity index (χ2n) is 9.69. The molecule has 4 aliphatic rings. The van der Waals surface area contributed by atoms with Gasteiger partial charge in [-0.25, -0.2) is 19.4 Å². The van der Waals surface area contributed by atoms with E-state index in [0.717, 1.165) is 23.4 Å². The molecule has 10 heteroatoms. The van der Waals surface area contributed by atoms with E-state index in [9.17, 15) is 9.18 Å². The van der Waals surface area contributed by atoms with E-state index < -0.39 is 11.2 Å². The molecule has 1 fully saturated rings. The molecular weight excluding hydrogens is 505 g/mol. The minimum Gasteiger partial charge on any atom is -0.337 e. The Labute approximate surface area is 224 Å². The number of hydrogen-bond acceptors (Lipinski definition) is 7. The van der Waals surface area contributed by atoms with Gasteiger partial charge in [-0.2, -0.15) is 0 Å². The number of carbonyl (C=O) groups is 1. The molecular formula is C28H25ClFN7O. The van der Waals surface area contributed by atoms with Gasteiger partial charge in [0.05, 0.1) is 23.4 Å². The number of aromatic nitrogens is 1. The molecule has 38 heavy (non-hydrogen) atoms. The van der Waals surface area contributed by atoms with E-state index in [4.69, 9.17) is 27.3 Å². The Morgan fingerprint density at radius 1 is 1.21 bits per heavy atom. The van der Waals surface area contributed by atoms with Crippen molar-refractivity contribution in [2.45, 2.75) is 18.9 Å². The summed E-state index contributed by atoms with van der Waals surface area (Å²) in [5, 5.41) is 3.51. The van der Waals surface area contributed by atoms with Crippen LogP contribution in [-0.2, 0) is 0 Å². The lowest BCUT2D eigenvalue weighted by atomic mass is 9.70. The van der Waals surface area contributed by atoms with Crippen molar-refractivity contribution in [1.82, 2.24) is 9.88 Å². The molecule has 0 saturated carbocycles. The van der Waals surface area contributed by atoms with Crippen LogP contribution in [0.2, 0.25) is 0 Å². The molecule has 1 aliphatic carbocycles. The number of nitrogens with two attached hydrogens (primary N) is 1. The average Bonchev–Trinajstić information content (AvgIpc) is 3.31. The normalized spacial score (nSPS) is 24.2. The van der Waals surface area contributed by atoms with Crippen LogP contribution in [0.4, 0.5) is 10.1 Å². The van der Waals surface area contributed by atoms with Crippen molar-refractivity contribution in [1.29, 1.82) is 0 Å². The summed E-state index contributed by atoms with van der Waals surface area (Å²) in [4.78, 5) is 32.7. The fourth-order valence-corrected chi connectivity index (χ4v) is 5.50.